The minimum absolute atomic E-state index is 0.172. The Morgan fingerprint density at radius 1 is 1.21 bits per heavy atom. The number of oxazole rings is 1. The zero-order chi connectivity index (χ0) is 28.8. The fourth-order valence-electron chi connectivity index (χ4n) is 3.57. The summed E-state index contributed by atoms with van der Waals surface area (Å²) in [6.45, 7) is 0.662. The highest BCUT2D eigenvalue weighted by atomic mass is 32.2. The summed E-state index contributed by atoms with van der Waals surface area (Å²) in [7, 11) is -2.87. The number of aryl methyl sites for hydroxylation is 1. The van der Waals surface area contributed by atoms with Crippen LogP contribution in [-0.4, -0.2) is 59.8 Å². The monoisotopic (exact) mass is 565 g/mol. The summed E-state index contributed by atoms with van der Waals surface area (Å²) in [4.78, 5) is 15.7. The smallest absolute Gasteiger partial charge is 0.416 e. The van der Waals surface area contributed by atoms with Crippen LogP contribution >= 0.6 is 0 Å². The lowest BCUT2D eigenvalue weighted by atomic mass is 10.1. The fraction of sp³-hybridized carbons (Fsp3) is 0.308. The average Bonchev–Trinajstić information content (AvgIpc) is 3.23. The largest absolute Gasteiger partial charge is 0.493 e. The third-order valence-electron chi connectivity index (χ3n) is 5.56. The quantitative estimate of drug-likeness (QED) is 0.331. The molecule has 0 bridgehead atoms. The van der Waals surface area contributed by atoms with Gasteiger partial charge in [-0.15, -0.1) is 6.42 Å². The number of carboxylic acids is 1. The highest BCUT2D eigenvalue weighted by Gasteiger charge is 2.30. The Morgan fingerprint density at radius 3 is 2.51 bits per heavy atom. The number of benzene rings is 2. The van der Waals surface area contributed by atoms with E-state index < -0.39 is 34.5 Å². The lowest BCUT2D eigenvalue weighted by Crippen LogP contribution is -2.44. The second-order valence-corrected chi connectivity index (χ2v) is 10.5. The maximum atomic E-state index is 12.8. The number of alkyl halides is 3. The van der Waals surface area contributed by atoms with Gasteiger partial charge in [-0.25, -0.2) is 4.98 Å². The molecule has 13 heteroatoms. The molecule has 0 aliphatic rings. The first kappa shape index (κ1) is 29.7. The fourth-order valence-corrected chi connectivity index (χ4v) is 4.78. The van der Waals surface area contributed by atoms with Crippen LogP contribution < -0.4 is 4.74 Å². The highest BCUT2D eigenvalue weighted by Crippen LogP contribution is 2.31. The molecule has 0 saturated carbocycles. The molecule has 0 atom stereocenters. The molecule has 2 aromatic carbocycles. The number of carboxylic acid groups (broad SMARTS) is 1. The van der Waals surface area contributed by atoms with Crippen LogP contribution in [0.4, 0.5) is 13.2 Å². The Bertz CT molecular complexity index is 1450. The summed E-state index contributed by atoms with van der Waals surface area (Å²) in [5.41, 5.74) is 0.693. The van der Waals surface area contributed by atoms with Gasteiger partial charge in [-0.1, -0.05) is 18.1 Å². The molecule has 3 rings (SSSR count). The van der Waals surface area contributed by atoms with Gasteiger partial charge in [-0.3, -0.25) is 4.79 Å². The number of rotatable bonds is 12. The molecule has 0 radical (unpaired) electrons. The second-order valence-electron chi connectivity index (χ2n) is 8.47. The number of carbonyl (C=O) groups is 1. The van der Waals surface area contributed by atoms with Gasteiger partial charge in [0.1, 0.15) is 18.1 Å². The number of hydrogen-bond donors (Lipinski definition) is 1. The molecular formula is C26H26F3N3O6S. The molecule has 0 aliphatic carbocycles. The van der Waals surface area contributed by atoms with E-state index in [1.807, 2.05) is 0 Å². The van der Waals surface area contributed by atoms with Crippen LogP contribution in [0.25, 0.3) is 11.5 Å². The summed E-state index contributed by atoms with van der Waals surface area (Å²) >= 11 is 0. The van der Waals surface area contributed by atoms with Crippen molar-refractivity contribution >= 4 is 16.2 Å². The van der Waals surface area contributed by atoms with E-state index in [9.17, 15) is 31.5 Å². The molecule has 1 N–H and O–H groups in total. The summed E-state index contributed by atoms with van der Waals surface area (Å²) in [6.07, 6.45) is 1.08. The highest BCUT2D eigenvalue weighted by molar-refractivity contribution is 7.86. The lowest BCUT2D eigenvalue weighted by Gasteiger charge is -2.25. The van der Waals surface area contributed by atoms with E-state index in [-0.39, 0.29) is 25.6 Å². The van der Waals surface area contributed by atoms with Crippen molar-refractivity contribution in [1.82, 2.24) is 13.6 Å². The number of ether oxygens (including phenoxy) is 1. The van der Waals surface area contributed by atoms with Crippen molar-refractivity contribution in [2.24, 2.45) is 0 Å². The van der Waals surface area contributed by atoms with Crippen molar-refractivity contribution in [2.45, 2.75) is 26.1 Å². The molecule has 0 saturated heterocycles. The first-order chi connectivity index (χ1) is 18.3. The maximum Gasteiger partial charge on any atom is 0.416 e. The van der Waals surface area contributed by atoms with Crippen LogP contribution in [0.3, 0.4) is 0 Å². The van der Waals surface area contributed by atoms with Crippen LogP contribution in [0.5, 0.6) is 5.75 Å². The third kappa shape index (κ3) is 7.82. The van der Waals surface area contributed by atoms with Gasteiger partial charge >= 0.3 is 12.1 Å². The number of aromatic nitrogens is 1. The third-order valence-corrected chi connectivity index (χ3v) is 7.39. The average molecular weight is 566 g/mol. The Morgan fingerprint density at radius 2 is 1.90 bits per heavy atom. The summed E-state index contributed by atoms with van der Waals surface area (Å²) < 4.78 is 77.0. The van der Waals surface area contributed by atoms with Crippen LogP contribution in [0.15, 0.2) is 52.9 Å². The first-order valence-electron chi connectivity index (χ1n) is 11.5. The van der Waals surface area contributed by atoms with E-state index in [1.54, 1.807) is 31.2 Å². The zero-order valence-corrected chi connectivity index (χ0v) is 21.9. The lowest BCUT2D eigenvalue weighted by molar-refractivity contribution is -0.138. The molecule has 0 amide bonds. The maximum absolute atomic E-state index is 12.8. The zero-order valence-electron chi connectivity index (χ0n) is 21.1. The van der Waals surface area contributed by atoms with Crippen LogP contribution in [-0.2, 0) is 34.1 Å². The molecule has 208 valence electrons. The van der Waals surface area contributed by atoms with Gasteiger partial charge in [0, 0.05) is 25.6 Å². The summed E-state index contributed by atoms with van der Waals surface area (Å²) in [6, 6.07) is 11.0. The van der Waals surface area contributed by atoms with Gasteiger partial charge in [0.2, 0.25) is 5.89 Å². The standard InChI is InChI=1S/C26H26F3N3O6S/c1-4-13-31(3)39(35,36)32(17-24(33)34)16-19-6-5-7-22(15-19)37-14-12-23-18(2)38-25(30-23)20-8-10-21(11-9-20)26(27,28)29/h1,5-11,15H,12-14,16-17H2,2-3H3,(H,33,34). The first-order valence-corrected chi connectivity index (χ1v) is 12.9. The number of halogens is 3. The molecule has 1 heterocycles. The van der Waals surface area contributed by atoms with Crippen LogP contribution in [0.2, 0.25) is 0 Å². The van der Waals surface area contributed by atoms with Gasteiger partial charge < -0.3 is 14.3 Å². The minimum atomic E-state index is -4.44. The second kappa shape index (κ2) is 12.3. The molecule has 1 aromatic heterocycles. The predicted molar refractivity (Wildman–Crippen MR) is 136 cm³/mol. The van der Waals surface area contributed by atoms with E-state index in [0.29, 0.717) is 34.8 Å². The van der Waals surface area contributed by atoms with Crippen molar-refractivity contribution < 1.29 is 40.6 Å². The molecule has 39 heavy (non-hydrogen) atoms. The number of terminal acetylenes is 1. The van der Waals surface area contributed by atoms with E-state index in [1.165, 1.54) is 19.2 Å². The van der Waals surface area contributed by atoms with Crippen LogP contribution in [0.1, 0.15) is 22.6 Å². The Balaban J connectivity index is 1.66. The normalized spacial score (nSPS) is 12.1. The summed E-state index contributed by atoms with van der Waals surface area (Å²) in [5.74, 6) is 1.99. The molecule has 0 spiro atoms. The van der Waals surface area contributed by atoms with Gasteiger partial charge in [0.15, 0.2) is 0 Å². The van der Waals surface area contributed by atoms with E-state index in [0.717, 1.165) is 20.7 Å². The van der Waals surface area contributed by atoms with Crippen molar-refractivity contribution in [3.63, 3.8) is 0 Å². The van der Waals surface area contributed by atoms with Crippen molar-refractivity contribution in [3.05, 3.63) is 71.1 Å². The van der Waals surface area contributed by atoms with Gasteiger partial charge in [0.05, 0.1) is 24.4 Å². The summed E-state index contributed by atoms with van der Waals surface area (Å²) in [5, 5.41) is 9.21. The van der Waals surface area contributed by atoms with Crippen molar-refractivity contribution in [3.8, 4) is 29.5 Å². The van der Waals surface area contributed by atoms with Crippen LogP contribution in [0, 0.1) is 19.3 Å². The molecular weight excluding hydrogens is 539 g/mol. The number of aliphatic carboxylic acids is 1. The number of hydrogen-bond acceptors (Lipinski definition) is 6. The van der Waals surface area contributed by atoms with Crippen molar-refractivity contribution in [2.75, 3.05) is 26.7 Å². The Kier molecular flexibility index (Phi) is 9.39. The molecule has 3 aromatic rings. The number of nitrogens with zero attached hydrogens (tertiary/aromatic N) is 3. The van der Waals surface area contributed by atoms with E-state index in [4.69, 9.17) is 15.6 Å². The van der Waals surface area contributed by atoms with Gasteiger partial charge in [0.25, 0.3) is 10.2 Å². The predicted octanol–water partition coefficient (Wildman–Crippen LogP) is 3.99. The van der Waals surface area contributed by atoms with Gasteiger partial charge in [-0.2, -0.15) is 30.2 Å². The van der Waals surface area contributed by atoms with Gasteiger partial charge in [-0.05, 0) is 48.9 Å². The minimum Gasteiger partial charge on any atom is -0.493 e. The Hall–Kier alpha value is -3.86. The molecule has 0 fully saturated rings. The molecule has 0 unspecified atom stereocenters. The van der Waals surface area contributed by atoms with Crippen molar-refractivity contribution in [1.29, 1.82) is 0 Å². The molecule has 9 nitrogen and oxygen atoms in total. The topological polar surface area (TPSA) is 113 Å². The van der Waals surface area contributed by atoms with E-state index in [2.05, 4.69) is 10.9 Å². The Labute approximate surface area is 224 Å². The van der Waals surface area contributed by atoms with E-state index >= 15 is 0 Å². The molecule has 0 aliphatic heterocycles. The SMILES string of the molecule is C#CCN(C)S(=O)(=O)N(CC(=O)O)Cc1cccc(OCCc2nc(-c3ccc(C(F)(F)F)cc3)oc2C)c1.